The van der Waals surface area contributed by atoms with Gasteiger partial charge in [0.2, 0.25) is 0 Å². The van der Waals surface area contributed by atoms with Crippen molar-refractivity contribution >= 4 is 17.6 Å². The van der Waals surface area contributed by atoms with E-state index in [-0.39, 0.29) is 5.91 Å². The van der Waals surface area contributed by atoms with Crippen LogP contribution in [0.25, 0.3) is 11.6 Å². The van der Waals surface area contributed by atoms with Gasteiger partial charge in [-0.25, -0.2) is 0 Å². The highest BCUT2D eigenvalue weighted by molar-refractivity contribution is 6.24. The van der Waals surface area contributed by atoms with Crippen LogP contribution in [0.2, 0.25) is 0 Å². The number of methoxy groups -OCH3 is 3. The molecule has 1 N–H and O–H groups in total. The van der Waals surface area contributed by atoms with Crippen LogP contribution in [0.15, 0.2) is 72.8 Å². The first-order chi connectivity index (χ1) is 15.1. The number of carbonyl (C=O) groups excluding carboxylic acids is 1. The Morgan fingerprint density at radius 3 is 2.19 bits per heavy atom. The molecule has 0 aliphatic rings. The molecule has 0 saturated heterocycles. The van der Waals surface area contributed by atoms with Gasteiger partial charge in [0, 0.05) is 12.1 Å². The summed E-state index contributed by atoms with van der Waals surface area (Å²) in [5.41, 5.74) is 3.44. The zero-order valence-electron chi connectivity index (χ0n) is 18.1. The van der Waals surface area contributed by atoms with Gasteiger partial charge in [-0.05, 0) is 53.5 Å². The van der Waals surface area contributed by atoms with E-state index in [0.29, 0.717) is 30.0 Å². The van der Waals surface area contributed by atoms with Crippen molar-refractivity contribution in [1.29, 1.82) is 0 Å². The Balaban J connectivity index is 1.75. The number of carbonyl (C=O) groups is 1. The van der Waals surface area contributed by atoms with Crippen LogP contribution in [0.3, 0.4) is 0 Å². The van der Waals surface area contributed by atoms with E-state index in [1.165, 1.54) is 0 Å². The largest absolute Gasteiger partial charge is 0.497 e. The molecule has 0 aromatic heterocycles. The summed E-state index contributed by atoms with van der Waals surface area (Å²) in [7, 11) is 4.84. The minimum atomic E-state index is -0.130. The van der Waals surface area contributed by atoms with Gasteiger partial charge in [0.15, 0.2) is 11.5 Å². The molecule has 0 aliphatic carbocycles. The summed E-state index contributed by atoms with van der Waals surface area (Å²) in [6, 6.07) is 23.0. The van der Waals surface area contributed by atoms with E-state index in [2.05, 4.69) is 5.32 Å². The summed E-state index contributed by atoms with van der Waals surface area (Å²) < 4.78 is 15.9. The van der Waals surface area contributed by atoms with E-state index in [1.807, 2.05) is 78.9 Å². The van der Waals surface area contributed by atoms with Gasteiger partial charge in [-0.2, -0.15) is 0 Å². The summed E-state index contributed by atoms with van der Waals surface area (Å²) in [6.07, 6.45) is 2.57. The lowest BCUT2D eigenvalue weighted by atomic mass is 10.0. The highest BCUT2D eigenvalue weighted by Gasteiger charge is 2.13. The molecule has 0 spiro atoms. The van der Waals surface area contributed by atoms with Crippen LogP contribution < -0.4 is 19.5 Å². The van der Waals surface area contributed by atoms with Crippen LogP contribution in [0, 0.1) is 0 Å². The lowest BCUT2D eigenvalue weighted by Gasteiger charge is -2.12. The topological polar surface area (TPSA) is 56.8 Å². The molecule has 0 atom stereocenters. The van der Waals surface area contributed by atoms with Gasteiger partial charge in [0.25, 0.3) is 5.91 Å². The molecular formula is C26H27NO4. The molecule has 0 unspecified atom stereocenters. The van der Waals surface area contributed by atoms with Gasteiger partial charge in [-0.15, -0.1) is 0 Å². The third-order valence-corrected chi connectivity index (χ3v) is 4.90. The number of nitrogens with one attached hydrogen (secondary N) is 1. The molecule has 3 aromatic rings. The van der Waals surface area contributed by atoms with E-state index >= 15 is 0 Å². The van der Waals surface area contributed by atoms with E-state index in [4.69, 9.17) is 14.2 Å². The highest BCUT2D eigenvalue weighted by Crippen LogP contribution is 2.27. The Kier molecular flexibility index (Phi) is 7.71. The maximum atomic E-state index is 13.1. The maximum Gasteiger partial charge on any atom is 0.251 e. The number of rotatable bonds is 9. The van der Waals surface area contributed by atoms with Crippen LogP contribution in [0.1, 0.15) is 16.7 Å². The van der Waals surface area contributed by atoms with Gasteiger partial charge < -0.3 is 19.5 Å². The Labute approximate surface area is 183 Å². The normalized spacial score (nSPS) is 11.0. The Bertz CT molecular complexity index is 1030. The second kappa shape index (κ2) is 10.9. The van der Waals surface area contributed by atoms with Crippen LogP contribution in [0.5, 0.6) is 17.2 Å². The summed E-state index contributed by atoms with van der Waals surface area (Å²) in [5, 5.41) is 3.03. The Hall–Kier alpha value is -3.73. The predicted octanol–water partition coefficient (Wildman–Crippen LogP) is 4.61. The highest BCUT2D eigenvalue weighted by atomic mass is 16.5. The molecule has 0 bridgehead atoms. The lowest BCUT2D eigenvalue weighted by molar-refractivity contribution is -0.115. The molecule has 0 saturated carbocycles. The van der Waals surface area contributed by atoms with Crippen LogP contribution in [-0.2, 0) is 11.2 Å². The maximum absolute atomic E-state index is 13.1. The first-order valence-corrected chi connectivity index (χ1v) is 10.0. The molecule has 1 amide bonds. The van der Waals surface area contributed by atoms with Crippen molar-refractivity contribution in [2.24, 2.45) is 0 Å². The average molecular weight is 418 g/mol. The molecule has 0 fully saturated rings. The minimum absolute atomic E-state index is 0.130. The molecule has 0 aliphatic heterocycles. The van der Waals surface area contributed by atoms with Crippen molar-refractivity contribution in [3.63, 3.8) is 0 Å². The van der Waals surface area contributed by atoms with Crippen LogP contribution in [0.4, 0.5) is 0 Å². The molecule has 0 radical (unpaired) electrons. The molecule has 5 nitrogen and oxygen atoms in total. The number of ether oxygens (including phenoxy) is 3. The second-order valence-electron chi connectivity index (χ2n) is 6.89. The monoisotopic (exact) mass is 417 g/mol. The summed E-state index contributed by atoms with van der Waals surface area (Å²) in [5.74, 6) is 1.98. The van der Waals surface area contributed by atoms with Crippen molar-refractivity contribution < 1.29 is 19.0 Å². The molecule has 3 rings (SSSR count). The zero-order valence-corrected chi connectivity index (χ0v) is 18.1. The SMILES string of the molecule is COc1ccc(/C(=C/c2ccccc2)C(=O)NCCc2ccc(OC)c(OC)c2)cc1. The summed E-state index contributed by atoms with van der Waals surface area (Å²) in [4.78, 5) is 13.1. The molecular weight excluding hydrogens is 390 g/mol. The predicted molar refractivity (Wildman–Crippen MR) is 124 cm³/mol. The van der Waals surface area contributed by atoms with Crippen molar-refractivity contribution in [3.05, 3.63) is 89.5 Å². The third kappa shape index (κ3) is 5.89. The fourth-order valence-electron chi connectivity index (χ4n) is 3.22. The zero-order chi connectivity index (χ0) is 22.1. The first-order valence-electron chi connectivity index (χ1n) is 10.0. The van der Waals surface area contributed by atoms with E-state index in [9.17, 15) is 4.79 Å². The van der Waals surface area contributed by atoms with E-state index < -0.39 is 0 Å². The van der Waals surface area contributed by atoms with Crippen molar-refractivity contribution in [2.45, 2.75) is 6.42 Å². The average Bonchev–Trinajstić information content (AvgIpc) is 2.83. The van der Waals surface area contributed by atoms with Crippen molar-refractivity contribution in [2.75, 3.05) is 27.9 Å². The summed E-state index contributed by atoms with van der Waals surface area (Å²) >= 11 is 0. The molecule has 5 heteroatoms. The van der Waals surface area contributed by atoms with Gasteiger partial charge in [-0.3, -0.25) is 4.79 Å². The number of hydrogen-bond donors (Lipinski definition) is 1. The second-order valence-corrected chi connectivity index (χ2v) is 6.89. The minimum Gasteiger partial charge on any atom is -0.497 e. The summed E-state index contributed by atoms with van der Waals surface area (Å²) in [6.45, 7) is 0.497. The van der Waals surface area contributed by atoms with Gasteiger partial charge in [0.05, 0.1) is 21.3 Å². The molecule has 160 valence electrons. The molecule has 0 heterocycles. The quantitative estimate of drug-likeness (QED) is 0.408. The third-order valence-electron chi connectivity index (χ3n) is 4.90. The van der Waals surface area contributed by atoms with Gasteiger partial charge in [0.1, 0.15) is 5.75 Å². The lowest BCUT2D eigenvalue weighted by Crippen LogP contribution is -2.26. The first kappa shape index (κ1) is 22.0. The van der Waals surface area contributed by atoms with Crippen molar-refractivity contribution in [3.8, 4) is 17.2 Å². The standard InChI is InChI=1S/C26H27NO4/c1-29-22-12-10-21(11-13-22)23(17-19-7-5-4-6-8-19)26(28)27-16-15-20-9-14-24(30-2)25(18-20)31-3/h4-14,17-18H,15-16H2,1-3H3,(H,27,28)/b23-17-. The Morgan fingerprint density at radius 2 is 1.55 bits per heavy atom. The van der Waals surface area contributed by atoms with Gasteiger partial charge >= 0.3 is 0 Å². The fourth-order valence-corrected chi connectivity index (χ4v) is 3.22. The van der Waals surface area contributed by atoms with E-state index in [0.717, 1.165) is 22.4 Å². The van der Waals surface area contributed by atoms with Crippen LogP contribution >= 0.6 is 0 Å². The number of benzene rings is 3. The van der Waals surface area contributed by atoms with Crippen LogP contribution in [-0.4, -0.2) is 33.8 Å². The van der Waals surface area contributed by atoms with E-state index in [1.54, 1.807) is 21.3 Å². The smallest absolute Gasteiger partial charge is 0.251 e. The van der Waals surface area contributed by atoms with Gasteiger partial charge in [-0.1, -0.05) is 48.5 Å². The fraction of sp³-hybridized carbons (Fsp3) is 0.192. The van der Waals surface area contributed by atoms with Crippen molar-refractivity contribution in [1.82, 2.24) is 5.32 Å². The molecule has 3 aromatic carbocycles. The molecule has 31 heavy (non-hydrogen) atoms. The number of amides is 1. The Morgan fingerprint density at radius 1 is 0.839 bits per heavy atom. The number of hydrogen-bond acceptors (Lipinski definition) is 4.